The van der Waals surface area contributed by atoms with Gasteiger partial charge < -0.3 is 19.7 Å². The zero-order chi connectivity index (χ0) is 27.3. The zero-order valence-corrected chi connectivity index (χ0v) is 23.1. The van der Waals surface area contributed by atoms with E-state index >= 15 is 0 Å². The van der Waals surface area contributed by atoms with Gasteiger partial charge in [0.15, 0.2) is 11.5 Å². The zero-order valence-electron chi connectivity index (χ0n) is 22.3. The van der Waals surface area contributed by atoms with E-state index in [9.17, 15) is 18.0 Å². The molecule has 10 heteroatoms. The number of methoxy groups -OCH3 is 2. The van der Waals surface area contributed by atoms with Crippen LogP contribution in [0, 0.1) is 6.92 Å². The second-order valence-electron chi connectivity index (χ2n) is 9.67. The van der Waals surface area contributed by atoms with Crippen LogP contribution in [0.3, 0.4) is 0 Å². The summed E-state index contributed by atoms with van der Waals surface area (Å²) in [7, 11) is -0.941. The largest absolute Gasteiger partial charge is 0.493 e. The summed E-state index contributed by atoms with van der Waals surface area (Å²) in [6.45, 7) is 8.78. The molecule has 0 saturated heterocycles. The van der Waals surface area contributed by atoms with E-state index in [2.05, 4.69) is 5.32 Å². The average molecular weight is 520 g/mol. The maximum atomic E-state index is 13.7. The Labute approximate surface area is 214 Å². The minimum Gasteiger partial charge on any atom is -0.493 e. The van der Waals surface area contributed by atoms with Gasteiger partial charge in [0.1, 0.15) is 12.6 Å². The van der Waals surface area contributed by atoms with Gasteiger partial charge in [-0.1, -0.05) is 24.3 Å². The lowest BCUT2D eigenvalue weighted by Crippen LogP contribution is -2.54. The molecular formula is C26H37N3O6S. The topological polar surface area (TPSA) is 105 Å². The van der Waals surface area contributed by atoms with Crippen molar-refractivity contribution in [2.45, 2.75) is 52.7 Å². The van der Waals surface area contributed by atoms with E-state index in [0.717, 1.165) is 21.7 Å². The van der Waals surface area contributed by atoms with Gasteiger partial charge >= 0.3 is 0 Å². The number of nitrogens with zero attached hydrogens (tertiary/aromatic N) is 2. The first-order chi connectivity index (χ1) is 16.7. The third-order valence-corrected chi connectivity index (χ3v) is 6.74. The van der Waals surface area contributed by atoms with Crippen molar-refractivity contribution in [1.82, 2.24) is 10.2 Å². The van der Waals surface area contributed by atoms with E-state index in [1.165, 1.54) is 31.3 Å². The molecule has 36 heavy (non-hydrogen) atoms. The first-order valence-electron chi connectivity index (χ1n) is 11.5. The van der Waals surface area contributed by atoms with Crippen molar-refractivity contribution in [3.63, 3.8) is 0 Å². The third kappa shape index (κ3) is 7.61. The van der Waals surface area contributed by atoms with Crippen molar-refractivity contribution in [1.29, 1.82) is 0 Å². The molecule has 9 nitrogen and oxygen atoms in total. The van der Waals surface area contributed by atoms with Crippen molar-refractivity contribution in [3.05, 3.63) is 53.6 Å². The molecule has 2 rings (SSSR count). The lowest BCUT2D eigenvalue weighted by molar-refractivity contribution is -0.140. The quantitative estimate of drug-likeness (QED) is 0.517. The molecule has 0 unspecified atom stereocenters. The van der Waals surface area contributed by atoms with E-state index in [4.69, 9.17) is 9.47 Å². The fourth-order valence-electron chi connectivity index (χ4n) is 3.62. The Hall–Kier alpha value is -3.27. The van der Waals surface area contributed by atoms with Gasteiger partial charge in [-0.25, -0.2) is 8.42 Å². The van der Waals surface area contributed by atoms with E-state index in [-0.39, 0.29) is 18.1 Å². The molecule has 1 N–H and O–H groups in total. The van der Waals surface area contributed by atoms with Crippen LogP contribution in [0.25, 0.3) is 0 Å². The Morgan fingerprint density at radius 2 is 1.64 bits per heavy atom. The standard InChI is InChI=1S/C26H37N3O6S/c1-18-11-9-10-12-20(18)16-28(19(2)25(31)27-26(3,4)5)24(30)17-29(36(8,32)33)21-13-14-22(34-6)23(15-21)35-7/h9-15,19H,16-17H2,1-8H3,(H,27,31)/t19-/m0/s1. The van der Waals surface area contributed by atoms with Crippen LogP contribution < -0.4 is 19.1 Å². The van der Waals surface area contributed by atoms with Gasteiger partial charge in [-0.2, -0.15) is 0 Å². The fraction of sp³-hybridized carbons (Fsp3) is 0.462. The highest BCUT2D eigenvalue weighted by Gasteiger charge is 2.31. The Morgan fingerprint density at radius 1 is 1.03 bits per heavy atom. The molecular weight excluding hydrogens is 482 g/mol. The normalized spacial score (nSPS) is 12.4. The number of nitrogens with one attached hydrogen (secondary N) is 1. The van der Waals surface area contributed by atoms with Crippen LogP contribution >= 0.6 is 0 Å². The first-order valence-corrected chi connectivity index (χ1v) is 13.4. The van der Waals surface area contributed by atoms with Gasteiger partial charge in [-0.05, 0) is 57.9 Å². The number of hydrogen-bond acceptors (Lipinski definition) is 6. The SMILES string of the molecule is COc1ccc(N(CC(=O)N(Cc2ccccc2C)[C@@H](C)C(=O)NC(C)(C)C)S(C)(=O)=O)cc1OC. The Morgan fingerprint density at radius 3 is 2.17 bits per heavy atom. The smallest absolute Gasteiger partial charge is 0.244 e. The molecule has 0 aliphatic rings. The highest BCUT2D eigenvalue weighted by Crippen LogP contribution is 2.32. The molecule has 0 spiro atoms. The molecule has 2 amide bonds. The Balaban J connectivity index is 2.47. The van der Waals surface area contributed by atoms with Crippen LogP contribution in [0.1, 0.15) is 38.8 Å². The highest BCUT2D eigenvalue weighted by molar-refractivity contribution is 7.92. The summed E-state index contributed by atoms with van der Waals surface area (Å²) in [6.07, 6.45) is 1.03. The summed E-state index contributed by atoms with van der Waals surface area (Å²) in [5.41, 5.74) is 1.56. The van der Waals surface area contributed by atoms with E-state index in [1.807, 2.05) is 52.0 Å². The Kier molecular flexibility index (Phi) is 9.37. The van der Waals surface area contributed by atoms with Crippen molar-refractivity contribution < 1.29 is 27.5 Å². The van der Waals surface area contributed by atoms with Crippen LogP contribution in [0.2, 0.25) is 0 Å². The molecule has 0 aliphatic heterocycles. The molecule has 0 aliphatic carbocycles. The molecule has 0 radical (unpaired) electrons. The van der Waals surface area contributed by atoms with Crippen LogP contribution in [-0.2, 0) is 26.2 Å². The van der Waals surface area contributed by atoms with Crippen molar-refractivity contribution >= 4 is 27.5 Å². The molecule has 2 aromatic rings. The molecule has 0 fully saturated rings. The number of hydrogen-bond donors (Lipinski definition) is 1. The van der Waals surface area contributed by atoms with E-state index in [1.54, 1.807) is 13.0 Å². The van der Waals surface area contributed by atoms with Crippen LogP contribution in [0.4, 0.5) is 5.69 Å². The molecule has 0 aromatic heterocycles. The van der Waals surface area contributed by atoms with Gasteiger partial charge in [0.05, 0.1) is 26.2 Å². The van der Waals surface area contributed by atoms with E-state index in [0.29, 0.717) is 11.5 Å². The summed E-state index contributed by atoms with van der Waals surface area (Å²) in [6, 6.07) is 11.3. The predicted molar refractivity (Wildman–Crippen MR) is 141 cm³/mol. The fourth-order valence-corrected chi connectivity index (χ4v) is 4.46. The van der Waals surface area contributed by atoms with Gasteiger partial charge in [0, 0.05) is 18.2 Å². The molecule has 1 atom stereocenters. The van der Waals surface area contributed by atoms with Crippen LogP contribution in [0.15, 0.2) is 42.5 Å². The number of sulfonamides is 1. The van der Waals surface area contributed by atoms with Gasteiger partial charge in [-0.15, -0.1) is 0 Å². The second kappa shape index (κ2) is 11.6. The minimum atomic E-state index is -3.86. The van der Waals surface area contributed by atoms with Crippen molar-refractivity contribution in [2.75, 3.05) is 31.3 Å². The number of amides is 2. The maximum absolute atomic E-state index is 13.7. The van der Waals surface area contributed by atoms with Gasteiger partial charge in [0.25, 0.3) is 0 Å². The molecule has 2 aromatic carbocycles. The lowest BCUT2D eigenvalue weighted by Gasteiger charge is -2.33. The van der Waals surface area contributed by atoms with E-state index < -0.39 is 34.1 Å². The summed E-state index contributed by atoms with van der Waals surface area (Å²) >= 11 is 0. The van der Waals surface area contributed by atoms with Crippen molar-refractivity contribution in [3.8, 4) is 11.5 Å². The van der Waals surface area contributed by atoms with Crippen LogP contribution in [0.5, 0.6) is 11.5 Å². The summed E-state index contributed by atoms with van der Waals surface area (Å²) in [4.78, 5) is 28.1. The lowest BCUT2D eigenvalue weighted by atomic mass is 10.1. The molecule has 0 heterocycles. The summed E-state index contributed by atoms with van der Waals surface area (Å²) < 4.78 is 37.0. The summed E-state index contributed by atoms with van der Waals surface area (Å²) in [5.74, 6) is -0.100. The average Bonchev–Trinajstić information content (AvgIpc) is 2.79. The number of anilines is 1. The highest BCUT2D eigenvalue weighted by atomic mass is 32.2. The molecule has 0 bridgehead atoms. The number of ether oxygens (including phenoxy) is 2. The number of rotatable bonds is 10. The first kappa shape index (κ1) is 29.0. The third-order valence-electron chi connectivity index (χ3n) is 5.60. The Bertz CT molecular complexity index is 1190. The second-order valence-corrected chi connectivity index (χ2v) is 11.6. The number of aryl methyl sites for hydroxylation is 1. The van der Waals surface area contributed by atoms with Gasteiger partial charge in [-0.3, -0.25) is 13.9 Å². The predicted octanol–water partition coefficient (Wildman–Crippen LogP) is 3.11. The number of carbonyl (C=O) groups is 2. The van der Waals surface area contributed by atoms with Crippen molar-refractivity contribution in [2.24, 2.45) is 0 Å². The minimum absolute atomic E-state index is 0.147. The monoisotopic (exact) mass is 519 g/mol. The van der Waals surface area contributed by atoms with Gasteiger partial charge in [0.2, 0.25) is 21.8 Å². The number of carbonyl (C=O) groups excluding carboxylic acids is 2. The molecule has 0 saturated carbocycles. The van der Waals surface area contributed by atoms with Crippen LogP contribution in [-0.4, -0.2) is 63.7 Å². The maximum Gasteiger partial charge on any atom is 0.244 e. The summed E-state index contributed by atoms with van der Waals surface area (Å²) in [5, 5.41) is 2.90. The number of benzene rings is 2. The molecule has 198 valence electrons.